The molecule has 3 rings (SSSR count). The molecule has 0 radical (unpaired) electrons. The van der Waals surface area contributed by atoms with Gasteiger partial charge in [0.25, 0.3) is 5.91 Å². The molecule has 0 heterocycles. The van der Waals surface area contributed by atoms with Crippen molar-refractivity contribution in [3.63, 3.8) is 0 Å². The summed E-state index contributed by atoms with van der Waals surface area (Å²) < 4.78 is 16.7. The number of hydrogen-bond donors (Lipinski definition) is 1. The summed E-state index contributed by atoms with van der Waals surface area (Å²) >= 11 is 0. The standard InChI is InChI=1S/C26H24N2O4/c1-3-31-23-12-10-22(11-13-23)28-26(29)21(17-27)15-20-9-14-24(25(16-20)30-2)32-18-19-7-5-4-6-8-19/h4-16H,3,18H2,1-2H3,(H,28,29)/b21-15+. The van der Waals surface area contributed by atoms with Crippen LogP contribution in [0.1, 0.15) is 18.1 Å². The first-order chi connectivity index (χ1) is 15.6. The summed E-state index contributed by atoms with van der Waals surface area (Å²) in [6.45, 7) is 2.86. The predicted molar refractivity (Wildman–Crippen MR) is 124 cm³/mol. The summed E-state index contributed by atoms with van der Waals surface area (Å²) in [5.74, 6) is 1.30. The summed E-state index contributed by atoms with van der Waals surface area (Å²) in [6.07, 6.45) is 1.51. The number of carbonyl (C=O) groups is 1. The number of rotatable bonds is 9. The smallest absolute Gasteiger partial charge is 0.266 e. The third kappa shape index (κ3) is 6.13. The molecule has 162 valence electrons. The topological polar surface area (TPSA) is 80.6 Å². The number of nitriles is 1. The van der Waals surface area contributed by atoms with Crippen LogP contribution in [0, 0.1) is 11.3 Å². The summed E-state index contributed by atoms with van der Waals surface area (Å²) in [7, 11) is 1.54. The van der Waals surface area contributed by atoms with Gasteiger partial charge in [0, 0.05) is 5.69 Å². The molecule has 1 amide bonds. The molecule has 0 atom stereocenters. The van der Waals surface area contributed by atoms with Crippen LogP contribution in [-0.2, 0) is 11.4 Å². The number of methoxy groups -OCH3 is 1. The SMILES string of the molecule is CCOc1ccc(NC(=O)/C(C#N)=C/c2ccc(OCc3ccccc3)c(OC)c2)cc1. The lowest BCUT2D eigenvalue weighted by atomic mass is 10.1. The molecule has 0 aliphatic carbocycles. The molecular weight excluding hydrogens is 404 g/mol. The van der Waals surface area contributed by atoms with Gasteiger partial charge in [-0.2, -0.15) is 5.26 Å². The van der Waals surface area contributed by atoms with Gasteiger partial charge in [0.1, 0.15) is 24.0 Å². The Balaban J connectivity index is 1.71. The lowest BCUT2D eigenvalue weighted by Gasteiger charge is -2.11. The van der Waals surface area contributed by atoms with Gasteiger partial charge in [-0.3, -0.25) is 4.79 Å². The first-order valence-electron chi connectivity index (χ1n) is 10.1. The highest BCUT2D eigenvalue weighted by Gasteiger charge is 2.11. The molecule has 32 heavy (non-hydrogen) atoms. The van der Waals surface area contributed by atoms with Crippen molar-refractivity contribution < 1.29 is 19.0 Å². The van der Waals surface area contributed by atoms with E-state index in [1.165, 1.54) is 6.08 Å². The van der Waals surface area contributed by atoms with Crippen molar-refractivity contribution in [2.45, 2.75) is 13.5 Å². The molecule has 3 aromatic carbocycles. The van der Waals surface area contributed by atoms with Crippen LogP contribution in [0.2, 0.25) is 0 Å². The van der Waals surface area contributed by atoms with Gasteiger partial charge in [0.15, 0.2) is 11.5 Å². The number of benzene rings is 3. The summed E-state index contributed by atoms with van der Waals surface area (Å²) in [6, 6.07) is 24.0. The number of nitrogens with zero attached hydrogens (tertiary/aromatic N) is 1. The Hall–Kier alpha value is -4.24. The zero-order chi connectivity index (χ0) is 22.8. The van der Waals surface area contributed by atoms with Crippen LogP contribution in [0.25, 0.3) is 6.08 Å². The van der Waals surface area contributed by atoms with Crippen molar-refractivity contribution in [3.8, 4) is 23.3 Å². The second kappa shape index (κ2) is 11.2. The summed E-state index contributed by atoms with van der Waals surface area (Å²) in [5.41, 5.74) is 2.23. The minimum absolute atomic E-state index is 0.0288. The summed E-state index contributed by atoms with van der Waals surface area (Å²) in [5, 5.41) is 12.2. The van der Waals surface area contributed by atoms with E-state index in [0.717, 1.165) is 5.56 Å². The van der Waals surface area contributed by atoms with Gasteiger partial charge in [-0.25, -0.2) is 0 Å². The van der Waals surface area contributed by atoms with E-state index in [1.807, 2.05) is 43.3 Å². The molecule has 0 bridgehead atoms. The molecule has 0 aliphatic rings. The molecular formula is C26H24N2O4. The van der Waals surface area contributed by atoms with E-state index < -0.39 is 5.91 Å². The molecule has 1 N–H and O–H groups in total. The minimum atomic E-state index is -0.500. The van der Waals surface area contributed by atoms with Gasteiger partial charge < -0.3 is 19.5 Å². The Morgan fingerprint density at radius 1 is 1.00 bits per heavy atom. The van der Waals surface area contributed by atoms with Crippen molar-refractivity contribution in [1.82, 2.24) is 0 Å². The van der Waals surface area contributed by atoms with Gasteiger partial charge in [-0.15, -0.1) is 0 Å². The molecule has 6 nitrogen and oxygen atoms in total. The molecule has 0 spiro atoms. The van der Waals surface area contributed by atoms with Crippen molar-refractivity contribution >= 4 is 17.7 Å². The average Bonchev–Trinajstić information content (AvgIpc) is 2.83. The second-order valence-corrected chi connectivity index (χ2v) is 6.77. The number of ether oxygens (including phenoxy) is 3. The highest BCUT2D eigenvalue weighted by molar-refractivity contribution is 6.09. The van der Waals surface area contributed by atoms with E-state index in [0.29, 0.717) is 41.7 Å². The fraction of sp³-hybridized carbons (Fsp3) is 0.154. The average molecular weight is 428 g/mol. The Kier molecular flexibility index (Phi) is 7.88. The zero-order valence-electron chi connectivity index (χ0n) is 18.0. The maximum Gasteiger partial charge on any atom is 0.266 e. The quantitative estimate of drug-likeness (QED) is 0.373. The van der Waals surface area contributed by atoms with Gasteiger partial charge in [0.2, 0.25) is 0 Å². The van der Waals surface area contributed by atoms with Crippen LogP contribution in [0.5, 0.6) is 17.2 Å². The van der Waals surface area contributed by atoms with Crippen molar-refractivity contribution in [2.75, 3.05) is 19.0 Å². The number of amides is 1. The van der Waals surface area contributed by atoms with Crippen molar-refractivity contribution in [2.24, 2.45) is 0 Å². The maximum atomic E-state index is 12.6. The molecule has 0 fully saturated rings. The van der Waals surface area contributed by atoms with Crippen LogP contribution in [0.15, 0.2) is 78.4 Å². The lowest BCUT2D eigenvalue weighted by Crippen LogP contribution is -2.13. The van der Waals surface area contributed by atoms with Gasteiger partial charge in [-0.05, 0) is 60.5 Å². The van der Waals surface area contributed by atoms with Gasteiger partial charge in [-0.1, -0.05) is 36.4 Å². The van der Waals surface area contributed by atoms with Crippen LogP contribution >= 0.6 is 0 Å². The van der Waals surface area contributed by atoms with Crippen LogP contribution in [0.3, 0.4) is 0 Å². The number of hydrogen-bond acceptors (Lipinski definition) is 5. The third-order valence-electron chi connectivity index (χ3n) is 4.52. The minimum Gasteiger partial charge on any atom is -0.494 e. The Morgan fingerprint density at radius 2 is 1.75 bits per heavy atom. The van der Waals surface area contributed by atoms with Crippen molar-refractivity contribution in [1.29, 1.82) is 5.26 Å². The van der Waals surface area contributed by atoms with Crippen LogP contribution < -0.4 is 19.5 Å². The number of carbonyl (C=O) groups excluding carboxylic acids is 1. The van der Waals surface area contributed by atoms with Crippen LogP contribution in [0.4, 0.5) is 5.69 Å². The third-order valence-corrected chi connectivity index (χ3v) is 4.52. The van der Waals surface area contributed by atoms with E-state index in [4.69, 9.17) is 14.2 Å². The molecule has 0 saturated heterocycles. The monoisotopic (exact) mass is 428 g/mol. The lowest BCUT2D eigenvalue weighted by molar-refractivity contribution is -0.112. The van der Waals surface area contributed by atoms with E-state index in [9.17, 15) is 10.1 Å². The molecule has 3 aromatic rings. The Bertz CT molecular complexity index is 1120. The van der Waals surface area contributed by atoms with E-state index in [1.54, 1.807) is 49.6 Å². The fourth-order valence-corrected chi connectivity index (χ4v) is 2.94. The maximum absolute atomic E-state index is 12.6. The molecule has 0 aliphatic heterocycles. The number of anilines is 1. The first kappa shape index (κ1) is 22.4. The highest BCUT2D eigenvalue weighted by atomic mass is 16.5. The Morgan fingerprint density at radius 3 is 2.41 bits per heavy atom. The second-order valence-electron chi connectivity index (χ2n) is 6.77. The molecule has 0 unspecified atom stereocenters. The van der Waals surface area contributed by atoms with E-state index in [2.05, 4.69) is 5.32 Å². The first-order valence-corrected chi connectivity index (χ1v) is 10.1. The summed E-state index contributed by atoms with van der Waals surface area (Å²) in [4.78, 5) is 12.6. The van der Waals surface area contributed by atoms with Crippen LogP contribution in [-0.4, -0.2) is 19.6 Å². The fourth-order valence-electron chi connectivity index (χ4n) is 2.94. The largest absolute Gasteiger partial charge is 0.494 e. The zero-order valence-corrected chi connectivity index (χ0v) is 18.0. The van der Waals surface area contributed by atoms with Gasteiger partial charge >= 0.3 is 0 Å². The molecule has 0 saturated carbocycles. The van der Waals surface area contributed by atoms with Crippen molar-refractivity contribution in [3.05, 3.63) is 89.5 Å². The Labute approximate surface area is 187 Å². The number of nitrogens with one attached hydrogen (secondary N) is 1. The normalized spacial score (nSPS) is 10.7. The predicted octanol–water partition coefficient (Wildman–Crippen LogP) is 5.22. The van der Waals surface area contributed by atoms with E-state index in [-0.39, 0.29) is 5.57 Å². The highest BCUT2D eigenvalue weighted by Crippen LogP contribution is 2.30. The molecule has 6 heteroatoms. The van der Waals surface area contributed by atoms with E-state index >= 15 is 0 Å². The molecule has 0 aromatic heterocycles. The van der Waals surface area contributed by atoms with Gasteiger partial charge in [0.05, 0.1) is 13.7 Å².